The number of benzene rings is 2. The minimum absolute atomic E-state index is 0.342. The summed E-state index contributed by atoms with van der Waals surface area (Å²) >= 11 is 0. The van der Waals surface area contributed by atoms with Gasteiger partial charge in [0.05, 0.1) is 4.90 Å². The SMILES string of the molecule is Cc1nc(-c2cccc(NS(=O)(=O)c3c(C)c(C)cc(C)c3C)c2)n[nH]1. The Hall–Kier alpha value is -2.67. The van der Waals surface area contributed by atoms with Crippen LogP contribution in [-0.2, 0) is 10.0 Å². The lowest BCUT2D eigenvalue weighted by molar-refractivity contribution is 0.599. The molecule has 6 nitrogen and oxygen atoms in total. The zero-order valence-electron chi connectivity index (χ0n) is 15.5. The summed E-state index contributed by atoms with van der Waals surface area (Å²) in [5.74, 6) is 1.23. The Labute approximate surface area is 153 Å². The molecule has 3 rings (SSSR count). The Balaban J connectivity index is 2.02. The van der Waals surface area contributed by atoms with E-state index >= 15 is 0 Å². The molecule has 0 bridgehead atoms. The number of rotatable bonds is 4. The maximum absolute atomic E-state index is 13.1. The Morgan fingerprint density at radius 1 is 0.962 bits per heavy atom. The Morgan fingerprint density at radius 2 is 1.62 bits per heavy atom. The highest BCUT2D eigenvalue weighted by molar-refractivity contribution is 7.92. The Morgan fingerprint density at radius 3 is 2.19 bits per heavy atom. The van der Waals surface area contributed by atoms with Crippen LogP contribution in [0.4, 0.5) is 5.69 Å². The summed E-state index contributed by atoms with van der Waals surface area (Å²) in [6.45, 7) is 9.33. The monoisotopic (exact) mass is 370 g/mol. The molecule has 0 atom stereocenters. The molecule has 0 amide bonds. The lowest BCUT2D eigenvalue weighted by atomic mass is 10.0. The van der Waals surface area contributed by atoms with E-state index in [-0.39, 0.29) is 0 Å². The fourth-order valence-corrected chi connectivity index (χ4v) is 4.65. The number of hydrogen-bond donors (Lipinski definition) is 2. The van der Waals surface area contributed by atoms with Crippen LogP contribution in [0.15, 0.2) is 35.2 Å². The molecule has 0 radical (unpaired) electrons. The van der Waals surface area contributed by atoms with Gasteiger partial charge in [-0.15, -0.1) is 0 Å². The quantitative estimate of drug-likeness (QED) is 0.731. The van der Waals surface area contributed by atoms with Crippen molar-refractivity contribution in [1.82, 2.24) is 15.2 Å². The van der Waals surface area contributed by atoms with E-state index in [1.807, 2.05) is 46.8 Å². The third-order valence-corrected chi connectivity index (χ3v) is 6.19. The van der Waals surface area contributed by atoms with E-state index in [9.17, 15) is 8.42 Å². The number of nitrogens with zero attached hydrogens (tertiary/aromatic N) is 2. The van der Waals surface area contributed by atoms with Crippen molar-refractivity contribution < 1.29 is 8.42 Å². The molecule has 0 unspecified atom stereocenters. The van der Waals surface area contributed by atoms with Gasteiger partial charge in [0.1, 0.15) is 5.82 Å². The van der Waals surface area contributed by atoms with Crippen LogP contribution in [0.3, 0.4) is 0 Å². The molecular weight excluding hydrogens is 348 g/mol. The number of hydrogen-bond acceptors (Lipinski definition) is 4. The number of sulfonamides is 1. The third-order valence-electron chi connectivity index (χ3n) is 4.54. The number of H-pyrrole nitrogens is 1. The van der Waals surface area contributed by atoms with Gasteiger partial charge in [-0.1, -0.05) is 18.2 Å². The van der Waals surface area contributed by atoms with Gasteiger partial charge in [-0.25, -0.2) is 13.4 Å². The van der Waals surface area contributed by atoms with Gasteiger partial charge in [0, 0.05) is 11.3 Å². The molecule has 0 fully saturated rings. The van der Waals surface area contributed by atoms with E-state index in [0.717, 1.165) is 27.8 Å². The van der Waals surface area contributed by atoms with Gasteiger partial charge in [-0.05, 0) is 69.0 Å². The topological polar surface area (TPSA) is 87.7 Å². The number of aryl methyl sites for hydroxylation is 3. The van der Waals surface area contributed by atoms with Gasteiger partial charge in [-0.3, -0.25) is 9.82 Å². The fourth-order valence-electron chi connectivity index (χ4n) is 2.98. The summed E-state index contributed by atoms with van der Waals surface area (Å²) in [6, 6.07) is 9.07. The zero-order chi connectivity index (χ0) is 19.1. The molecule has 0 aliphatic carbocycles. The molecule has 0 saturated heterocycles. The van der Waals surface area contributed by atoms with E-state index in [1.165, 1.54) is 0 Å². The first-order valence-corrected chi connectivity index (χ1v) is 9.77. The van der Waals surface area contributed by atoms with Crippen molar-refractivity contribution >= 4 is 15.7 Å². The van der Waals surface area contributed by atoms with Crippen molar-refractivity contribution in [1.29, 1.82) is 0 Å². The van der Waals surface area contributed by atoms with E-state index < -0.39 is 10.0 Å². The van der Waals surface area contributed by atoms with Crippen LogP contribution < -0.4 is 4.72 Å². The van der Waals surface area contributed by atoms with Crippen LogP contribution in [0, 0.1) is 34.6 Å². The van der Waals surface area contributed by atoms with Crippen molar-refractivity contribution in [2.24, 2.45) is 0 Å². The Kier molecular flexibility index (Phi) is 4.58. The lowest BCUT2D eigenvalue weighted by Gasteiger charge is -2.17. The van der Waals surface area contributed by atoms with Crippen molar-refractivity contribution in [3.8, 4) is 11.4 Å². The summed E-state index contributed by atoms with van der Waals surface area (Å²) in [5, 5.41) is 6.91. The van der Waals surface area contributed by atoms with E-state index in [1.54, 1.807) is 18.2 Å². The maximum atomic E-state index is 13.1. The molecule has 7 heteroatoms. The number of anilines is 1. The van der Waals surface area contributed by atoms with Crippen LogP contribution >= 0.6 is 0 Å². The standard InChI is InChI=1S/C19H22N4O2S/c1-11-9-12(2)14(4)18(13(11)3)26(24,25)23-17-8-6-7-16(10-17)19-20-15(5)21-22-19/h6-10,23H,1-5H3,(H,20,21,22). The van der Waals surface area contributed by atoms with Crippen molar-refractivity contribution in [3.63, 3.8) is 0 Å². The summed E-state index contributed by atoms with van der Waals surface area (Å²) in [6.07, 6.45) is 0. The largest absolute Gasteiger partial charge is 0.280 e. The van der Waals surface area contributed by atoms with Crippen molar-refractivity contribution in [3.05, 3.63) is 58.4 Å². The second kappa shape index (κ2) is 6.57. The predicted octanol–water partition coefficient (Wildman–Crippen LogP) is 3.81. The summed E-state index contributed by atoms with van der Waals surface area (Å²) in [7, 11) is -3.71. The van der Waals surface area contributed by atoms with Gasteiger partial charge in [0.15, 0.2) is 5.82 Å². The minimum atomic E-state index is -3.71. The van der Waals surface area contributed by atoms with Crippen LogP contribution in [0.1, 0.15) is 28.1 Å². The number of aromatic nitrogens is 3. The highest BCUT2D eigenvalue weighted by Gasteiger charge is 2.22. The molecule has 1 aromatic heterocycles. The first-order chi connectivity index (χ1) is 12.2. The molecule has 2 N–H and O–H groups in total. The van der Waals surface area contributed by atoms with Crippen molar-refractivity contribution in [2.75, 3.05) is 4.72 Å². The van der Waals surface area contributed by atoms with Crippen LogP contribution in [-0.4, -0.2) is 23.6 Å². The van der Waals surface area contributed by atoms with Crippen LogP contribution in [0.2, 0.25) is 0 Å². The Bertz CT molecular complexity index is 1060. The minimum Gasteiger partial charge on any atom is -0.280 e. The van der Waals surface area contributed by atoms with Gasteiger partial charge >= 0.3 is 0 Å². The smallest absolute Gasteiger partial charge is 0.262 e. The highest BCUT2D eigenvalue weighted by Crippen LogP contribution is 2.28. The van der Waals surface area contributed by atoms with Gasteiger partial charge in [-0.2, -0.15) is 5.10 Å². The van der Waals surface area contributed by atoms with Gasteiger partial charge in [0.2, 0.25) is 0 Å². The predicted molar refractivity (Wildman–Crippen MR) is 103 cm³/mol. The fraction of sp³-hybridized carbons (Fsp3) is 0.263. The molecule has 0 aliphatic heterocycles. The summed E-state index contributed by atoms with van der Waals surface area (Å²) in [4.78, 5) is 4.63. The van der Waals surface area contributed by atoms with E-state index in [4.69, 9.17) is 0 Å². The molecule has 0 aliphatic rings. The van der Waals surface area contributed by atoms with Crippen LogP contribution in [0.5, 0.6) is 0 Å². The normalized spacial score (nSPS) is 11.6. The molecular formula is C19H22N4O2S. The maximum Gasteiger partial charge on any atom is 0.262 e. The average Bonchev–Trinajstić information content (AvgIpc) is 2.99. The van der Waals surface area contributed by atoms with E-state index in [2.05, 4.69) is 19.9 Å². The van der Waals surface area contributed by atoms with Crippen LogP contribution in [0.25, 0.3) is 11.4 Å². The molecule has 1 heterocycles. The number of nitrogens with one attached hydrogen (secondary N) is 2. The lowest BCUT2D eigenvalue weighted by Crippen LogP contribution is -2.17. The average molecular weight is 370 g/mol. The van der Waals surface area contributed by atoms with Crippen molar-refractivity contribution in [2.45, 2.75) is 39.5 Å². The molecule has 3 aromatic rings. The first kappa shape index (κ1) is 18.1. The molecule has 0 saturated carbocycles. The van der Waals surface area contributed by atoms with E-state index in [0.29, 0.717) is 22.2 Å². The summed E-state index contributed by atoms with van der Waals surface area (Å²) in [5.41, 5.74) is 4.66. The van der Waals surface area contributed by atoms with Gasteiger partial charge in [0.25, 0.3) is 10.0 Å². The third kappa shape index (κ3) is 3.35. The molecule has 2 aromatic carbocycles. The summed E-state index contributed by atoms with van der Waals surface area (Å²) < 4.78 is 28.8. The second-order valence-corrected chi connectivity index (χ2v) is 8.14. The molecule has 136 valence electrons. The molecule has 26 heavy (non-hydrogen) atoms. The number of aromatic amines is 1. The first-order valence-electron chi connectivity index (χ1n) is 8.28. The second-order valence-electron chi connectivity index (χ2n) is 6.52. The molecule has 0 spiro atoms. The zero-order valence-corrected chi connectivity index (χ0v) is 16.3. The highest BCUT2D eigenvalue weighted by atomic mass is 32.2. The van der Waals surface area contributed by atoms with Gasteiger partial charge < -0.3 is 0 Å².